The van der Waals surface area contributed by atoms with Crippen molar-refractivity contribution in [3.8, 4) is 0 Å². The standard InChI is InChI=1S/C19H17N3O4S/c1-11-2-3-12-7-14(19(24)22-17(12)6-11)10-20-27(25,26)15-4-5-16-13(8-15)9-18(23)21-16/h2-8,20H,9-10H2,1H3,(H,21,23)(H,22,24). The molecule has 8 heteroatoms. The summed E-state index contributed by atoms with van der Waals surface area (Å²) in [5, 5.41) is 3.49. The summed E-state index contributed by atoms with van der Waals surface area (Å²) in [5.41, 5.74) is 2.99. The number of anilines is 1. The van der Waals surface area contributed by atoms with E-state index in [0.29, 0.717) is 22.3 Å². The number of rotatable bonds is 4. The predicted octanol–water partition coefficient (Wildman–Crippen LogP) is 1.81. The number of nitrogens with one attached hydrogen (secondary N) is 3. The van der Waals surface area contributed by atoms with Gasteiger partial charge in [-0.3, -0.25) is 9.59 Å². The van der Waals surface area contributed by atoms with Crippen LogP contribution in [0.25, 0.3) is 10.9 Å². The van der Waals surface area contributed by atoms with Crippen LogP contribution in [0.3, 0.4) is 0 Å². The Kier molecular flexibility index (Phi) is 4.09. The molecule has 3 N–H and O–H groups in total. The molecular formula is C19H17N3O4S. The summed E-state index contributed by atoms with van der Waals surface area (Å²) in [7, 11) is -3.82. The van der Waals surface area contributed by atoms with Gasteiger partial charge in [-0.1, -0.05) is 12.1 Å². The van der Waals surface area contributed by atoms with Crippen molar-refractivity contribution in [3.63, 3.8) is 0 Å². The van der Waals surface area contributed by atoms with Crippen LogP contribution in [0, 0.1) is 6.92 Å². The third-order valence-electron chi connectivity index (χ3n) is 4.54. The maximum atomic E-state index is 12.6. The van der Waals surface area contributed by atoms with Crippen molar-refractivity contribution in [2.24, 2.45) is 0 Å². The number of sulfonamides is 1. The van der Waals surface area contributed by atoms with Crippen molar-refractivity contribution in [3.05, 3.63) is 69.5 Å². The van der Waals surface area contributed by atoms with E-state index in [1.165, 1.54) is 12.1 Å². The summed E-state index contributed by atoms with van der Waals surface area (Å²) in [6.45, 7) is 1.80. The summed E-state index contributed by atoms with van der Waals surface area (Å²) < 4.78 is 27.6. The van der Waals surface area contributed by atoms with E-state index in [9.17, 15) is 18.0 Å². The lowest BCUT2D eigenvalue weighted by atomic mass is 10.1. The molecule has 1 amide bonds. The van der Waals surface area contributed by atoms with Crippen molar-refractivity contribution in [1.29, 1.82) is 0 Å². The van der Waals surface area contributed by atoms with Gasteiger partial charge in [-0.05, 0) is 53.8 Å². The number of benzene rings is 2. The van der Waals surface area contributed by atoms with Crippen LogP contribution in [0.5, 0.6) is 0 Å². The van der Waals surface area contributed by atoms with Crippen molar-refractivity contribution in [2.45, 2.75) is 24.8 Å². The number of H-pyrrole nitrogens is 1. The molecule has 0 atom stereocenters. The van der Waals surface area contributed by atoms with Crippen LogP contribution in [0.4, 0.5) is 5.69 Å². The zero-order chi connectivity index (χ0) is 19.2. The summed E-state index contributed by atoms with van der Waals surface area (Å²) in [4.78, 5) is 26.5. The zero-order valence-electron chi connectivity index (χ0n) is 14.5. The molecule has 0 bridgehead atoms. The van der Waals surface area contributed by atoms with Crippen LogP contribution in [-0.2, 0) is 27.8 Å². The Morgan fingerprint density at radius 3 is 2.70 bits per heavy atom. The molecule has 0 spiro atoms. The Labute approximate surface area is 155 Å². The third-order valence-corrected chi connectivity index (χ3v) is 5.94. The summed E-state index contributed by atoms with van der Waals surface area (Å²) in [5.74, 6) is -0.162. The minimum absolute atomic E-state index is 0.0607. The molecule has 1 aliphatic heterocycles. The van der Waals surface area contributed by atoms with Gasteiger partial charge >= 0.3 is 0 Å². The molecule has 27 heavy (non-hydrogen) atoms. The van der Waals surface area contributed by atoms with E-state index < -0.39 is 10.0 Å². The Balaban J connectivity index is 1.59. The van der Waals surface area contributed by atoms with Gasteiger partial charge in [0, 0.05) is 23.3 Å². The highest BCUT2D eigenvalue weighted by Crippen LogP contribution is 2.25. The summed E-state index contributed by atoms with van der Waals surface area (Å²) >= 11 is 0. The van der Waals surface area contributed by atoms with E-state index in [-0.39, 0.29) is 29.3 Å². The molecule has 1 aromatic heterocycles. The average molecular weight is 383 g/mol. The molecule has 4 rings (SSSR count). The highest BCUT2D eigenvalue weighted by molar-refractivity contribution is 7.89. The second kappa shape index (κ2) is 6.33. The number of hydrogen-bond donors (Lipinski definition) is 3. The van der Waals surface area contributed by atoms with E-state index in [4.69, 9.17) is 0 Å². The van der Waals surface area contributed by atoms with Crippen molar-refractivity contribution in [2.75, 3.05) is 5.32 Å². The van der Waals surface area contributed by atoms with Gasteiger partial charge < -0.3 is 10.3 Å². The molecule has 0 fully saturated rings. The first kappa shape index (κ1) is 17.4. The molecule has 2 heterocycles. The molecule has 0 saturated carbocycles. The fraction of sp³-hybridized carbons (Fsp3) is 0.158. The highest BCUT2D eigenvalue weighted by atomic mass is 32.2. The van der Waals surface area contributed by atoms with Gasteiger partial charge in [0.1, 0.15) is 0 Å². The number of aromatic amines is 1. The van der Waals surface area contributed by atoms with Crippen molar-refractivity contribution >= 4 is 32.5 Å². The average Bonchev–Trinajstić information content (AvgIpc) is 2.99. The quantitative estimate of drug-likeness (QED) is 0.638. The Morgan fingerprint density at radius 2 is 1.89 bits per heavy atom. The normalized spacial score (nSPS) is 13.6. The Morgan fingerprint density at radius 1 is 1.07 bits per heavy atom. The number of fused-ring (bicyclic) bond motifs is 2. The second-order valence-electron chi connectivity index (χ2n) is 6.58. The van der Waals surface area contributed by atoms with Gasteiger partial charge in [0.15, 0.2) is 0 Å². The van der Waals surface area contributed by atoms with E-state index in [1.54, 1.807) is 12.1 Å². The van der Waals surface area contributed by atoms with Gasteiger partial charge in [-0.25, -0.2) is 13.1 Å². The van der Waals surface area contributed by atoms with Crippen LogP contribution in [0.1, 0.15) is 16.7 Å². The minimum Gasteiger partial charge on any atom is -0.326 e. The predicted molar refractivity (Wildman–Crippen MR) is 102 cm³/mol. The molecule has 7 nitrogen and oxygen atoms in total. The van der Waals surface area contributed by atoms with Crippen LogP contribution >= 0.6 is 0 Å². The molecule has 0 radical (unpaired) electrons. The Hall–Kier alpha value is -2.97. The fourth-order valence-electron chi connectivity index (χ4n) is 3.12. The smallest absolute Gasteiger partial charge is 0.252 e. The monoisotopic (exact) mass is 383 g/mol. The van der Waals surface area contributed by atoms with E-state index in [1.807, 2.05) is 25.1 Å². The first-order chi connectivity index (χ1) is 12.8. The molecular weight excluding hydrogens is 366 g/mol. The first-order valence-electron chi connectivity index (χ1n) is 8.37. The number of aromatic nitrogens is 1. The van der Waals surface area contributed by atoms with E-state index in [0.717, 1.165) is 10.9 Å². The number of hydrogen-bond acceptors (Lipinski definition) is 4. The topological polar surface area (TPSA) is 108 Å². The number of aryl methyl sites for hydroxylation is 1. The van der Waals surface area contributed by atoms with Crippen LogP contribution in [0.15, 0.2) is 52.2 Å². The largest absolute Gasteiger partial charge is 0.326 e. The van der Waals surface area contributed by atoms with E-state index in [2.05, 4.69) is 15.0 Å². The highest BCUT2D eigenvalue weighted by Gasteiger charge is 2.22. The molecule has 138 valence electrons. The molecule has 0 saturated heterocycles. The van der Waals surface area contributed by atoms with Gasteiger partial charge in [-0.2, -0.15) is 0 Å². The maximum Gasteiger partial charge on any atom is 0.252 e. The number of amides is 1. The lowest BCUT2D eigenvalue weighted by Gasteiger charge is -2.09. The Bertz CT molecular complexity index is 1250. The molecule has 3 aromatic rings. The van der Waals surface area contributed by atoms with Gasteiger partial charge in [0.2, 0.25) is 15.9 Å². The van der Waals surface area contributed by atoms with E-state index >= 15 is 0 Å². The maximum absolute atomic E-state index is 12.6. The zero-order valence-corrected chi connectivity index (χ0v) is 15.3. The number of pyridine rings is 1. The second-order valence-corrected chi connectivity index (χ2v) is 8.35. The van der Waals surface area contributed by atoms with Gasteiger partial charge in [-0.15, -0.1) is 0 Å². The lowest BCUT2D eigenvalue weighted by Crippen LogP contribution is -2.27. The molecule has 0 unspecified atom stereocenters. The summed E-state index contributed by atoms with van der Waals surface area (Å²) in [6, 6.07) is 11.8. The fourth-order valence-corrected chi connectivity index (χ4v) is 4.18. The van der Waals surface area contributed by atoms with Crippen molar-refractivity contribution in [1.82, 2.24) is 9.71 Å². The third kappa shape index (κ3) is 3.36. The van der Waals surface area contributed by atoms with Crippen molar-refractivity contribution < 1.29 is 13.2 Å². The first-order valence-corrected chi connectivity index (χ1v) is 9.85. The van der Waals surface area contributed by atoms with Crippen LogP contribution < -0.4 is 15.6 Å². The van der Waals surface area contributed by atoms with Crippen LogP contribution in [0.2, 0.25) is 0 Å². The molecule has 2 aromatic carbocycles. The number of carbonyl (C=O) groups is 1. The van der Waals surface area contributed by atoms with Crippen LogP contribution in [-0.4, -0.2) is 19.3 Å². The SMILES string of the molecule is Cc1ccc2cc(CNS(=O)(=O)c3ccc4c(c3)CC(=O)N4)c(=O)[nH]c2c1. The lowest BCUT2D eigenvalue weighted by molar-refractivity contribution is -0.115. The van der Waals surface area contributed by atoms with Gasteiger partial charge in [0.25, 0.3) is 5.56 Å². The molecule has 0 aliphatic carbocycles. The molecule has 1 aliphatic rings. The summed E-state index contributed by atoms with van der Waals surface area (Å²) in [6.07, 6.45) is 0.155. The minimum atomic E-state index is -3.82. The number of carbonyl (C=O) groups excluding carboxylic acids is 1. The van der Waals surface area contributed by atoms with Gasteiger partial charge in [0.05, 0.1) is 11.3 Å².